The number of hydrazine groups is 1. The first-order chi connectivity index (χ1) is 13.0. The normalized spacial score (nSPS) is 14.6. The van der Waals surface area contributed by atoms with E-state index in [1.165, 1.54) is 23.5 Å². The van der Waals surface area contributed by atoms with E-state index < -0.39 is 5.82 Å². The lowest BCUT2D eigenvalue weighted by atomic mass is 9.99. The molecule has 8 heteroatoms. The zero-order valence-corrected chi connectivity index (χ0v) is 14.7. The van der Waals surface area contributed by atoms with Crippen molar-refractivity contribution in [3.8, 4) is 0 Å². The third-order valence-electron chi connectivity index (χ3n) is 4.48. The van der Waals surface area contributed by atoms with Gasteiger partial charge >= 0.3 is 0 Å². The SMILES string of the molecule is N/C=C\N(N)CCC(=O)N1CCC=C(c2ccc3oc(C=O)cc3c2F)C1. The summed E-state index contributed by atoms with van der Waals surface area (Å²) in [6.07, 6.45) is 6.13. The first kappa shape index (κ1) is 18.7. The molecule has 7 nitrogen and oxygen atoms in total. The minimum absolute atomic E-state index is 0.0606. The third-order valence-corrected chi connectivity index (χ3v) is 4.48. The highest BCUT2D eigenvalue weighted by atomic mass is 19.1. The number of hydrogen-bond donors (Lipinski definition) is 2. The van der Waals surface area contributed by atoms with Crippen molar-refractivity contribution >= 4 is 28.7 Å². The van der Waals surface area contributed by atoms with Crippen LogP contribution in [0.25, 0.3) is 16.5 Å². The Bertz CT molecular complexity index is 919. The van der Waals surface area contributed by atoms with Crippen molar-refractivity contribution in [1.82, 2.24) is 9.91 Å². The number of nitrogens with zero attached hydrogens (tertiary/aromatic N) is 2. The average molecular weight is 372 g/mol. The maximum atomic E-state index is 14.9. The van der Waals surface area contributed by atoms with Gasteiger partial charge in [-0.1, -0.05) is 6.08 Å². The van der Waals surface area contributed by atoms with E-state index in [9.17, 15) is 14.0 Å². The van der Waals surface area contributed by atoms with Crippen molar-refractivity contribution < 1.29 is 18.4 Å². The number of benzene rings is 1. The smallest absolute Gasteiger partial charge is 0.224 e. The summed E-state index contributed by atoms with van der Waals surface area (Å²) in [7, 11) is 0. The molecule has 1 aromatic carbocycles. The number of hydrogen-bond acceptors (Lipinski definition) is 6. The van der Waals surface area contributed by atoms with Gasteiger partial charge in [-0.3, -0.25) is 9.59 Å². The molecule has 0 spiro atoms. The first-order valence-electron chi connectivity index (χ1n) is 8.57. The van der Waals surface area contributed by atoms with Gasteiger partial charge in [-0.15, -0.1) is 0 Å². The van der Waals surface area contributed by atoms with Crippen molar-refractivity contribution in [3.63, 3.8) is 0 Å². The third kappa shape index (κ3) is 4.01. The molecule has 1 amide bonds. The number of halogens is 1. The molecule has 2 heterocycles. The molecule has 3 rings (SSSR count). The summed E-state index contributed by atoms with van der Waals surface area (Å²) in [6.45, 7) is 1.23. The number of fused-ring (bicyclic) bond motifs is 1. The fraction of sp³-hybridized carbons (Fsp3) is 0.263. The van der Waals surface area contributed by atoms with Gasteiger partial charge in [0.1, 0.15) is 11.4 Å². The number of nitrogens with two attached hydrogens (primary N) is 2. The van der Waals surface area contributed by atoms with E-state index in [0.29, 0.717) is 43.5 Å². The van der Waals surface area contributed by atoms with Crippen molar-refractivity contribution in [3.05, 3.63) is 53.8 Å². The van der Waals surface area contributed by atoms with Gasteiger partial charge < -0.3 is 20.1 Å². The second kappa shape index (κ2) is 8.05. The second-order valence-corrected chi connectivity index (χ2v) is 6.27. The van der Waals surface area contributed by atoms with Gasteiger partial charge in [0.05, 0.1) is 5.39 Å². The standard InChI is InChI=1S/C19H21FN4O3/c20-19-15(3-4-17-16(19)10-14(12-25)27-17)13-2-1-7-23(11-13)18(26)5-8-24(22)9-6-21/h2-4,6,9-10,12H,1,5,7-8,11,21-22H2/b9-6-. The van der Waals surface area contributed by atoms with Crippen molar-refractivity contribution in [2.24, 2.45) is 11.6 Å². The molecule has 0 aliphatic carbocycles. The van der Waals surface area contributed by atoms with E-state index in [-0.39, 0.29) is 23.5 Å². The number of amides is 1. The fourth-order valence-electron chi connectivity index (χ4n) is 3.12. The van der Waals surface area contributed by atoms with E-state index in [1.54, 1.807) is 17.0 Å². The summed E-state index contributed by atoms with van der Waals surface area (Å²) in [5.41, 5.74) is 6.71. The van der Waals surface area contributed by atoms with E-state index in [2.05, 4.69) is 0 Å². The predicted molar refractivity (Wildman–Crippen MR) is 99.6 cm³/mol. The molecule has 1 aromatic heterocycles. The molecule has 0 radical (unpaired) electrons. The van der Waals surface area contributed by atoms with Crippen LogP contribution in [0.2, 0.25) is 0 Å². The van der Waals surface area contributed by atoms with Gasteiger partial charge in [-0.05, 0) is 30.2 Å². The largest absolute Gasteiger partial charge is 0.453 e. The molecule has 0 saturated heterocycles. The molecular formula is C19H21FN4O3. The maximum absolute atomic E-state index is 14.9. The summed E-state index contributed by atoms with van der Waals surface area (Å²) >= 11 is 0. The average Bonchev–Trinajstić information content (AvgIpc) is 3.11. The van der Waals surface area contributed by atoms with Crippen LogP contribution in [0.5, 0.6) is 0 Å². The van der Waals surface area contributed by atoms with Gasteiger partial charge in [0.2, 0.25) is 5.91 Å². The molecule has 4 N–H and O–H groups in total. The van der Waals surface area contributed by atoms with E-state index >= 15 is 0 Å². The van der Waals surface area contributed by atoms with E-state index in [4.69, 9.17) is 16.0 Å². The fourth-order valence-corrected chi connectivity index (χ4v) is 3.12. The molecule has 1 aliphatic rings. The molecule has 142 valence electrons. The Kier molecular flexibility index (Phi) is 5.56. The first-order valence-corrected chi connectivity index (χ1v) is 8.57. The summed E-state index contributed by atoms with van der Waals surface area (Å²) < 4.78 is 20.2. The number of carbonyl (C=O) groups is 2. The number of rotatable bonds is 6. The molecule has 0 saturated carbocycles. The van der Waals surface area contributed by atoms with Crippen molar-refractivity contribution in [1.29, 1.82) is 0 Å². The van der Waals surface area contributed by atoms with Crippen LogP contribution in [0.4, 0.5) is 4.39 Å². The van der Waals surface area contributed by atoms with Gasteiger partial charge in [0.25, 0.3) is 0 Å². The highest BCUT2D eigenvalue weighted by molar-refractivity contribution is 5.89. The number of carbonyl (C=O) groups excluding carboxylic acids is 2. The Labute approximate surface area is 155 Å². The van der Waals surface area contributed by atoms with E-state index in [1.807, 2.05) is 6.08 Å². The minimum Gasteiger partial charge on any atom is -0.453 e. The van der Waals surface area contributed by atoms with Gasteiger partial charge in [0, 0.05) is 44.0 Å². The lowest BCUT2D eigenvalue weighted by Gasteiger charge is -2.28. The minimum atomic E-state index is -0.453. The Morgan fingerprint density at radius 3 is 2.96 bits per heavy atom. The second-order valence-electron chi connectivity index (χ2n) is 6.27. The number of aldehydes is 1. The molecule has 2 aromatic rings. The van der Waals surface area contributed by atoms with Crippen LogP contribution in [0.15, 0.2) is 41.1 Å². The van der Waals surface area contributed by atoms with Crippen LogP contribution < -0.4 is 11.6 Å². The van der Waals surface area contributed by atoms with E-state index in [0.717, 1.165) is 5.57 Å². The molecule has 0 unspecified atom stereocenters. The Morgan fingerprint density at radius 1 is 1.41 bits per heavy atom. The highest BCUT2D eigenvalue weighted by Gasteiger charge is 2.22. The number of furan rings is 1. The lowest BCUT2D eigenvalue weighted by molar-refractivity contribution is -0.130. The zero-order chi connectivity index (χ0) is 19.4. The van der Waals surface area contributed by atoms with Crippen LogP contribution >= 0.6 is 0 Å². The molecular weight excluding hydrogens is 351 g/mol. The summed E-state index contributed by atoms with van der Waals surface area (Å²) in [6, 6.07) is 4.63. The van der Waals surface area contributed by atoms with Crippen molar-refractivity contribution in [2.75, 3.05) is 19.6 Å². The van der Waals surface area contributed by atoms with Crippen LogP contribution in [-0.2, 0) is 4.79 Å². The predicted octanol–water partition coefficient (Wildman–Crippen LogP) is 2.00. The van der Waals surface area contributed by atoms with Crippen molar-refractivity contribution in [2.45, 2.75) is 12.8 Å². The molecule has 0 fully saturated rings. The Balaban J connectivity index is 1.75. The Hall–Kier alpha value is -3.13. The van der Waals surface area contributed by atoms with Gasteiger partial charge in [-0.25, -0.2) is 10.2 Å². The van der Waals surface area contributed by atoms with Gasteiger partial charge in [-0.2, -0.15) is 0 Å². The summed E-state index contributed by atoms with van der Waals surface area (Å²) in [5.74, 6) is 5.23. The lowest BCUT2D eigenvalue weighted by Crippen LogP contribution is -2.38. The maximum Gasteiger partial charge on any atom is 0.224 e. The molecule has 0 bridgehead atoms. The Morgan fingerprint density at radius 2 is 2.22 bits per heavy atom. The molecule has 27 heavy (non-hydrogen) atoms. The molecule has 1 aliphatic heterocycles. The highest BCUT2D eigenvalue weighted by Crippen LogP contribution is 2.30. The van der Waals surface area contributed by atoms with Crippen LogP contribution in [0.1, 0.15) is 29.0 Å². The summed E-state index contributed by atoms with van der Waals surface area (Å²) in [5, 5.41) is 1.60. The topological polar surface area (TPSA) is 106 Å². The summed E-state index contributed by atoms with van der Waals surface area (Å²) in [4.78, 5) is 25.0. The monoisotopic (exact) mass is 372 g/mol. The van der Waals surface area contributed by atoms with Crippen LogP contribution in [0.3, 0.4) is 0 Å². The zero-order valence-electron chi connectivity index (χ0n) is 14.7. The van der Waals surface area contributed by atoms with Gasteiger partial charge in [0.15, 0.2) is 12.0 Å². The van der Waals surface area contributed by atoms with Crippen LogP contribution in [0, 0.1) is 5.82 Å². The quantitative estimate of drug-likeness (QED) is 0.456. The van der Waals surface area contributed by atoms with Crippen LogP contribution in [-0.4, -0.2) is 41.7 Å². The molecule has 0 atom stereocenters.